The predicted molar refractivity (Wildman–Crippen MR) is 82.0 cm³/mol. The summed E-state index contributed by atoms with van der Waals surface area (Å²) in [5, 5.41) is 5.58. The van der Waals surface area contributed by atoms with E-state index >= 15 is 0 Å². The van der Waals surface area contributed by atoms with Crippen LogP contribution in [-0.2, 0) is 11.3 Å². The van der Waals surface area contributed by atoms with Crippen LogP contribution in [-0.4, -0.2) is 24.1 Å². The molecule has 0 aliphatic rings. The lowest BCUT2D eigenvalue weighted by molar-refractivity contribution is -0.118. The zero-order valence-corrected chi connectivity index (χ0v) is 12.7. The molecule has 106 valence electrons. The van der Waals surface area contributed by atoms with Gasteiger partial charge in [-0.15, -0.1) is 11.3 Å². The van der Waals surface area contributed by atoms with Crippen molar-refractivity contribution in [2.45, 2.75) is 13.0 Å². The van der Waals surface area contributed by atoms with Crippen molar-refractivity contribution in [1.29, 1.82) is 0 Å². The first-order valence-corrected chi connectivity index (χ1v) is 7.56. The fraction of sp³-hybridized carbons (Fsp3) is 0.286. The second-order valence-electron chi connectivity index (χ2n) is 4.26. The summed E-state index contributed by atoms with van der Waals surface area (Å²) in [6.45, 7) is 1.25. The molecule has 1 aromatic carbocycles. The highest BCUT2D eigenvalue weighted by molar-refractivity contribution is 7.07. The monoisotopic (exact) mass is 309 g/mol. The van der Waals surface area contributed by atoms with Gasteiger partial charge in [-0.05, 0) is 18.7 Å². The molecule has 0 spiro atoms. The molecule has 0 fully saturated rings. The summed E-state index contributed by atoms with van der Waals surface area (Å²) in [5.41, 5.74) is 1.01. The molecule has 0 unspecified atom stereocenters. The molecule has 1 aromatic heterocycles. The molecule has 20 heavy (non-hydrogen) atoms. The number of aromatic nitrogens is 1. The number of benzene rings is 1. The van der Waals surface area contributed by atoms with Gasteiger partial charge in [0.05, 0.1) is 6.54 Å². The van der Waals surface area contributed by atoms with Crippen molar-refractivity contribution in [3.05, 3.63) is 51.2 Å². The molecule has 1 heterocycles. The maximum atomic E-state index is 11.7. The number of carbonyl (C=O) groups excluding carboxylic acids is 1. The van der Waals surface area contributed by atoms with Crippen molar-refractivity contribution in [2.75, 3.05) is 13.6 Å². The molecule has 0 saturated carbocycles. The van der Waals surface area contributed by atoms with Gasteiger partial charge in [0.1, 0.15) is 0 Å². The van der Waals surface area contributed by atoms with Gasteiger partial charge >= 0.3 is 0 Å². The van der Waals surface area contributed by atoms with E-state index in [2.05, 4.69) is 10.3 Å². The Morgan fingerprint density at radius 1 is 1.45 bits per heavy atom. The molecule has 0 saturated heterocycles. The lowest BCUT2D eigenvalue weighted by Crippen LogP contribution is -2.19. The van der Waals surface area contributed by atoms with Crippen molar-refractivity contribution in [3.8, 4) is 0 Å². The predicted octanol–water partition coefficient (Wildman–Crippen LogP) is 2.29. The molecule has 0 atom stereocenters. The highest BCUT2D eigenvalue weighted by Gasteiger charge is 2.04. The zero-order chi connectivity index (χ0) is 14.4. The van der Waals surface area contributed by atoms with E-state index in [0.29, 0.717) is 24.3 Å². The average molecular weight is 310 g/mol. The largest absolute Gasteiger partial charge is 0.319 e. The Kier molecular flexibility index (Phi) is 5.52. The molecule has 2 aromatic rings. The summed E-state index contributed by atoms with van der Waals surface area (Å²) < 4.78 is 1.93. The summed E-state index contributed by atoms with van der Waals surface area (Å²) >= 11 is 7.60. The average Bonchev–Trinajstić information content (AvgIpc) is 2.86. The number of thiazole rings is 1. The third-order valence-corrected chi connectivity index (χ3v) is 3.93. The Bertz CT molecular complexity index is 648. The van der Waals surface area contributed by atoms with E-state index in [1.165, 1.54) is 11.3 Å². The Hall–Kier alpha value is -1.43. The number of hydrogen-bond donors (Lipinski definition) is 1. The molecule has 2 rings (SSSR count). The summed E-state index contributed by atoms with van der Waals surface area (Å²) in [7, 11) is 1.82. The van der Waals surface area contributed by atoms with Crippen LogP contribution < -0.4 is 10.1 Å². The van der Waals surface area contributed by atoms with Crippen molar-refractivity contribution < 1.29 is 4.79 Å². The second-order valence-corrected chi connectivity index (χ2v) is 5.54. The highest BCUT2D eigenvalue weighted by atomic mass is 35.5. The molecular weight excluding hydrogens is 294 g/mol. The van der Waals surface area contributed by atoms with Crippen LogP contribution in [0.3, 0.4) is 0 Å². The third kappa shape index (κ3) is 4.03. The minimum atomic E-state index is -0.116. The first-order chi connectivity index (χ1) is 9.70. The maximum Gasteiger partial charge on any atom is 0.249 e. The topological polar surface area (TPSA) is 46.4 Å². The fourth-order valence-electron chi connectivity index (χ4n) is 1.71. The van der Waals surface area contributed by atoms with Crippen LogP contribution in [0, 0.1) is 0 Å². The summed E-state index contributed by atoms with van der Waals surface area (Å²) in [4.78, 5) is 16.5. The quantitative estimate of drug-likeness (QED) is 0.921. The number of amides is 1. The van der Waals surface area contributed by atoms with E-state index in [4.69, 9.17) is 11.6 Å². The first-order valence-electron chi connectivity index (χ1n) is 6.30. The van der Waals surface area contributed by atoms with Crippen LogP contribution >= 0.6 is 22.9 Å². The molecule has 1 amide bonds. The summed E-state index contributed by atoms with van der Waals surface area (Å²) in [6.07, 6.45) is 2.32. The van der Waals surface area contributed by atoms with Crippen LogP contribution in [0.4, 0.5) is 0 Å². The molecule has 0 aliphatic carbocycles. The van der Waals surface area contributed by atoms with Gasteiger partial charge in [-0.2, -0.15) is 4.99 Å². The smallest absolute Gasteiger partial charge is 0.249 e. The van der Waals surface area contributed by atoms with Gasteiger partial charge in [0.2, 0.25) is 5.91 Å². The summed E-state index contributed by atoms with van der Waals surface area (Å²) in [6, 6.07) is 7.68. The first kappa shape index (κ1) is 15.0. The Labute approximate surface area is 126 Å². The number of hydrogen-bond acceptors (Lipinski definition) is 3. The summed E-state index contributed by atoms with van der Waals surface area (Å²) in [5.74, 6) is -0.116. The maximum absolute atomic E-state index is 11.7. The van der Waals surface area contributed by atoms with Crippen molar-refractivity contribution >= 4 is 28.8 Å². The van der Waals surface area contributed by atoms with Crippen LogP contribution in [0.15, 0.2) is 40.8 Å². The number of halogens is 1. The van der Waals surface area contributed by atoms with Crippen molar-refractivity contribution in [2.24, 2.45) is 4.99 Å². The van der Waals surface area contributed by atoms with Gasteiger partial charge in [0.15, 0.2) is 4.80 Å². The second kappa shape index (κ2) is 7.38. The third-order valence-electron chi connectivity index (χ3n) is 2.77. The number of carbonyl (C=O) groups is 1. The minimum Gasteiger partial charge on any atom is -0.319 e. The number of rotatable bonds is 5. The van der Waals surface area contributed by atoms with Gasteiger partial charge in [0, 0.05) is 29.6 Å². The van der Waals surface area contributed by atoms with E-state index in [1.54, 1.807) is 0 Å². The molecular formula is C14H16ClN3OS. The molecule has 1 N–H and O–H groups in total. The van der Waals surface area contributed by atoms with E-state index in [-0.39, 0.29) is 5.91 Å². The lowest BCUT2D eigenvalue weighted by Gasteiger charge is -2.05. The van der Waals surface area contributed by atoms with Gasteiger partial charge in [-0.3, -0.25) is 4.79 Å². The molecule has 6 heteroatoms. The van der Waals surface area contributed by atoms with E-state index in [9.17, 15) is 4.79 Å². The molecule has 0 radical (unpaired) electrons. The standard InChI is InChI=1S/C14H16ClN3OS/c1-16-7-6-13(19)17-14-18(8-9-20-14)10-11-4-2-3-5-12(11)15/h2-5,8-9,16H,6-7,10H2,1H3. The van der Waals surface area contributed by atoms with Crippen molar-refractivity contribution in [3.63, 3.8) is 0 Å². The van der Waals surface area contributed by atoms with Crippen LogP contribution in [0.25, 0.3) is 0 Å². The molecule has 0 aliphatic heterocycles. The molecule has 4 nitrogen and oxygen atoms in total. The fourth-order valence-corrected chi connectivity index (χ4v) is 2.65. The number of nitrogens with one attached hydrogen (secondary N) is 1. The highest BCUT2D eigenvalue weighted by Crippen LogP contribution is 2.15. The van der Waals surface area contributed by atoms with E-state index in [1.807, 2.05) is 47.5 Å². The van der Waals surface area contributed by atoms with Gasteiger partial charge in [0.25, 0.3) is 0 Å². The van der Waals surface area contributed by atoms with Gasteiger partial charge in [-0.25, -0.2) is 0 Å². The van der Waals surface area contributed by atoms with Crippen LogP contribution in [0.5, 0.6) is 0 Å². The van der Waals surface area contributed by atoms with Crippen LogP contribution in [0.1, 0.15) is 12.0 Å². The van der Waals surface area contributed by atoms with E-state index in [0.717, 1.165) is 10.6 Å². The Morgan fingerprint density at radius 3 is 3.00 bits per heavy atom. The van der Waals surface area contributed by atoms with Gasteiger partial charge < -0.3 is 9.88 Å². The van der Waals surface area contributed by atoms with Crippen molar-refractivity contribution in [1.82, 2.24) is 9.88 Å². The minimum absolute atomic E-state index is 0.116. The lowest BCUT2D eigenvalue weighted by atomic mass is 10.2. The van der Waals surface area contributed by atoms with Gasteiger partial charge in [-0.1, -0.05) is 29.8 Å². The Morgan fingerprint density at radius 2 is 2.25 bits per heavy atom. The SMILES string of the molecule is CNCCC(=O)N=c1sccn1Cc1ccccc1Cl. The van der Waals surface area contributed by atoms with Crippen LogP contribution in [0.2, 0.25) is 5.02 Å². The molecule has 0 bridgehead atoms. The number of nitrogens with zero attached hydrogens (tertiary/aromatic N) is 2. The Balaban J connectivity index is 2.19. The normalized spacial score (nSPS) is 11.8. The zero-order valence-electron chi connectivity index (χ0n) is 11.2. The van der Waals surface area contributed by atoms with E-state index < -0.39 is 0 Å².